The van der Waals surface area contributed by atoms with Gasteiger partial charge in [0.25, 0.3) is 5.91 Å². The zero-order valence-electron chi connectivity index (χ0n) is 29.3. The maximum atomic E-state index is 14.0. The molecule has 9 nitrogen and oxygen atoms in total. The van der Waals surface area contributed by atoms with Crippen molar-refractivity contribution in [2.75, 3.05) is 16.9 Å². The van der Waals surface area contributed by atoms with Gasteiger partial charge < -0.3 is 10.2 Å². The van der Waals surface area contributed by atoms with E-state index in [9.17, 15) is 18.0 Å². The van der Waals surface area contributed by atoms with E-state index < -0.39 is 9.84 Å². The predicted molar refractivity (Wildman–Crippen MR) is 200 cm³/mol. The Morgan fingerprint density at radius 3 is 2.30 bits per heavy atom. The number of fused-ring (bicyclic) bond motifs is 3. The van der Waals surface area contributed by atoms with E-state index in [1.807, 2.05) is 61.5 Å². The molecule has 2 saturated heterocycles. The first kappa shape index (κ1) is 34.2. The first-order valence-electron chi connectivity index (χ1n) is 17.4. The van der Waals surface area contributed by atoms with Gasteiger partial charge in [-0.05, 0) is 93.2 Å². The monoisotopic (exact) mass is 711 g/mol. The van der Waals surface area contributed by atoms with E-state index in [2.05, 4.69) is 48.4 Å². The number of benzene rings is 2. The number of aromatic nitrogens is 2. The standard InChI is InChI=1S/C39H45N5O4S2/c1-24-10-16-28(17-11-24)44-34(23-33(42-44)39(2,3)4)41-38(46)40-27-14-12-25(13-15-27)20-26-21-29-18-19-30(22-26)43(29)36(45)35-31-8-6-7-9-32(31)37(49-35)50(5,47)48/h7,9-17,23,26,29-30H,6,8,18-22H2,1-5H3,(H2,40,41,46). The van der Waals surface area contributed by atoms with Gasteiger partial charge in [0.15, 0.2) is 9.84 Å². The van der Waals surface area contributed by atoms with Gasteiger partial charge in [-0.1, -0.05) is 62.8 Å². The number of carbonyl (C=O) groups excluding carboxylic acids is 2. The Hall–Kier alpha value is -4.22. The van der Waals surface area contributed by atoms with Crippen LogP contribution in [0.5, 0.6) is 0 Å². The van der Waals surface area contributed by atoms with Crippen LogP contribution in [-0.2, 0) is 28.1 Å². The number of anilines is 2. The Bertz CT molecular complexity index is 2060. The zero-order valence-corrected chi connectivity index (χ0v) is 31.0. The summed E-state index contributed by atoms with van der Waals surface area (Å²) in [6.45, 7) is 8.33. The van der Waals surface area contributed by atoms with Crippen LogP contribution in [0.15, 0.2) is 64.9 Å². The molecule has 4 aromatic rings. The van der Waals surface area contributed by atoms with Gasteiger partial charge in [-0.2, -0.15) is 5.10 Å². The van der Waals surface area contributed by atoms with Crippen molar-refractivity contribution in [3.05, 3.63) is 93.5 Å². The number of carbonyl (C=O) groups is 2. The molecule has 262 valence electrons. The number of hydrogen-bond acceptors (Lipinski definition) is 6. The van der Waals surface area contributed by atoms with E-state index in [4.69, 9.17) is 5.10 Å². The smallest absolute Gasteiger partial charge is 0.324 e. The number of nitrogens with zero attached hydrogens (tertiary/aromatic N) is 3. The maximum absolute atomic E-state index is 14.0. The maximum Gasteiger partial charge on any atom is 0.324 e. The third-order valence-corrected chi connectivity index (χ3v) is 13.3. The third-order valence-electron chi connectivity index (χ3n) is 10.2. The lowest BCUT2D eigenvalue weighted by Crippen LogP contribution is -2.46. The van der Waals surface area contributed by atoms with E-state index in [1.54, 1.807) is 4.68 Å². The van der Waals surface area contributed by atoms with Crippen molar-refractivity contribution in [3.63, 3.8) is 0 Å². The minimum absolute atomic E-state index is 0.00708. The molecule has 2 aliphatic heterocycles. The van der Waals surface area contributed by atoms with Crippen LogP contribution in [-0.4, -0.2) is 53.4 Å². The highest BCUT2D eigenvalue weighted by atomic mass is 32.2. The number of rotatable bonds is 7. The minimum atomic E-state index is -3.42. The van der Waals surface area contributed by atoms with Crippen LogP contribution >= 0.6 is 11.3 Å². The van der Waals surface area contributed by atoms with Gasteiger partial charge in [-0.15, -0.1) is 11.3 Å². The Kier molecular flexibility index (Phi) is 9.01. The van der Waals surface area contributed by atoms with Crippen molar-refractivity contribution >= 4 is 50.7 Å². The summed E-state index contributed by atoms with van der Waals surface area (Å²) >= 11 is 1.16. The first-order chi connectivity index (χ1) is 23.7. The van der Waals surface area contributed by atoms with Gasteiger partial charge in [0.2, 0.25) is 0 Å². The molecule has 2 aromatic carbocycles. The molecular weight excluding hydrogens is 667 g/mol. The summed E-state index contributed by atoms with van der Waals surface area (Å²) < 4.78 is 27.2. The van der Waals surface area contributed by atoms with Crippen LogP contribution in [0.1, 0.15) is 90.5 Å². The van der Waals surface area contributed by atoms with E-state index in [0.717, 1.165) is 72.4 Å². The average Bonchev–Trinajstić information content (AvgIpc) is 3.74. The summed E-state index contributed by atoms with van der Waals surface area (Å²) in [5.74, 6) is 1.05. The average molecular weight is 712 g/mol. The predicted octanol–water partition coefficient (Wildman–Crippen LogP) is 8.17. The molecule has 0 spiro atoms. The van der Waals surface area contributed by atoms with E-state index in [1.165, 1.54) is 11.8 Å². The molecular formula is C39H45N5O4S2. The number of allylic oxidation sites excluding steroid dienone is 1. The SMILES string of the molecule is Cc1ccc(-n2nc(C(C)(C)C)cc2NC(=O)Nc2ccc(CC3CC4CCC(C3)N4C(=O)c3sc(S(C)(=O)=O)c4c3CCC=C4)cc2)cc1. The number of nitrogens with one attached hydrogen (secondary N) is 2. The minimum Gasteiger partial charge on any atom is -0.332 e. The molecule has 4 heterocycles. The van der Waals surface area contributed by atoms with Crippen LogP contribution in [0.3, 0.4) is 0 Å². The first-order valence-corrected chi connectivity index (χ1v) is 20.1. The molecule has 2 atom stereocenters. The molecule has 2 fully saturated rings. The number of thiophene rings is 1. The number of sulfone groups is 1. The highest BCUT2D eigenvalue weighted by Crippen LogP contribution is 2.44. The molecule has 2 N–H and O–H groups in total. The van der Waals surface area contributed by atoms with Crippen molar-refractivity contribution < 1.29 is 18.0 Å². The third kappa shape index (κ3) is 6.90. The Morgan fingerprint density at radius 1 is 0.980 bits per heavy atom. The Labute approximate surface area is 298 Å². The molecule has 0 saturated carbocycles. The van der Waals surface area contributed by atoms with Crippen LogP contribution in [0.2, 0.25) is 0 Å². The van der Waals surface area contributed by atoms with E-state index in [-0.39, 0.29) is 29.4 Å². The molecule has 7 rings (SSSR count). The fourth-order valence-electron chi connectivity index (χ4n) is 7.71. The lowest BCUT2D eigenvalue weighted by Gasteiger charge is -2.39. The normalized spacial score (nSPS) is 20.1. The molecule has 11 heteroatoms. The summed E-state index contributed by atoms with van der Waals surface area (Å²) in [5, 5.41) is 10.8. The quantitative estimate of drug-likeness (QED) is 0.201. The Balaban J connectivity index is 0.987. The number of piperidine rings is 1. The lowest BCUT2D eigenvalue weighted by molar-refractivity contribution is 0.0528. The number of hydrogen-bond donors (Lipinski definition) is 2. The second kappa shape index (κ2) is 13.2. The van der Waals surface area contributed by atoms with Crippen molar-refractivity contribution in [1.82, 2.24) is 14.7 Å². The zero-order chi connectivity index (χ0) is 35.4. The fraction of sp³-hybridized carbons (Fsp3) is 0.410. The van der Waals surface area contributed by atoms with E-state index >= 15 is 0 Å². The van der Waals surface area contributed by atoms with Gasteiger partial charge in [-0.25, -0.2) is 17.9 Å². The van der Waals surface area contributed by atoms with Crippen molar-refractivity contribution in [2.24, 2.45) is 5.92 Å². The second-order valence-electron chi connectivity index (χ2n) is 15.2. The molecule has 2 bridgehead atoms. The van der Waals surface area contributed by atoms with Crippen molar-refractivity contribution in [1.29, 1.82) is 0 Å². The van der Waals surface area contributed by atoms with Crippen molar-refractivity contribution in [3.8, 4) is 5.69 Å². The second-order valence-corrected chi connectivity index (χ2v) is 18.4. The summed E-state index contributed by atoms with van der Waals surface area (Å²) in [7, 11) is -3.42. The lowest BCUT2D eigenvalue weighted by atomic mass is 9.85. The molecule has 3 aliphatic rings. The molecule has 3 amide bonds. The topological polar surface area (TPSA) is 113 Å². The molecule has 1 aliphatic carbocycles. The van der Waals surface area contributed by atoms with Crippen LogP contribution < -0.4 is 10.6 Å². The van der Waals surface area contributed by atoms with Crippen LogP contribution in [0.25, 0.3) is 11.8 Å². The highest BCUT2D eigenvalue weighted by Gasteiger charge is 2.44. The number of urea groups is 1. The summed E-state index contributed by atoms with van der Waals surface area (Å²) in [5.41, 5.74) is 6.24. The van der Waals surface area contributed by atoms with Crippen LogP contribution in [0, 0.1) is 12.8 Å². The van der Waals surface area contributed by atoms with Gasteiger partial charge in [0, 0.05) is 41.1 Å². The van der Waals surface area contributed by atoms with Gasteiger partial charge >= 0.3 is 6.03 Å². The summed E-state index contributed by atoms with van der Waals surface area (Å²) in [6.07, 6.45) is 11.4. The van der Waals surface area contributed by atoms with Crippen molar-refractivity contribution in [2.45, 2.75) is 94.3 Å². The summed E-state index contributed by atoms with van der Waals surface area (Å²) in [4.78, 5) is 29.8. The molecule has 2 unspecified atom stereocenters. The highest BCUT2D eigenvalue weighted by molar-refractivity contribution is 7.92. The fourth-order valence-corrected chi connectivity index (χ4v) is 10.2. The molecule has 0 radical (unpaired) electrons. The van der Waals surface area contributed by atoms with Gasteiger partial charge in [0.1, 0.15) is 10.0 Å². The van der Waals surface area contributed by atoms with Crippen LogP contribution in [0.4, 0.5) is 16.3 Å². The van der Waals surface area contributed by atoms with E-state index in [0.29, 0.717) is 38.5 Å². The van der Waals surface area contributed by atoms with Gasteiger partial charge in [0.05, 0.1) is 16.3 Å². The molecule has 2 aromatic heterocycles. The summed E-state index contributed by atoms with van der Waals surface area (Å²) in [6, 6.07) is 18.0. The van der Waals surface area contributed by atoms with Gasteiger partial charge in [-0.3, -0.25) is 10.1 Å². The number of amides is 3. The largest absolute Gasteiger partial charge is 0.332 e. The Morgan fingerprint density at radius 2 is 1.66 bits per heavy atom. The number of aryl methyl sites for hydroxylation is 1. The molecule has 50 heavy (non-hydrogen) atoms.